The molecule has 1 aromatic carbocycles. The van der Waals surface area contributed by atoms with Gasteiger partial charge in [0.1, 0.15) is 0 Å². The summed E-state index contributed by atoms with van der Waals surface area (Å²) in [5, 5.41) is 20.4. The zero-order valence-electron chi connectivity index (χ0n) is 13.9. The fraction of sp³-hybridized carbons (Fsp3) is 0.176. The second-order valence-electron chi connectivity index (χ2n) is 5.12. The number of hydrogen-bond donors (Lipinski definition) is 1. The molecule has 3 aromatic rings. The number of anilines is 1. The summed E-state index contributed by atoms with van der Waals surface area (Å²) in [5.41, 5.74) is 0.701. The van der Waals surface area contributed by atoms with E-state index in [9.17, 15) is 4.79 Å². The lowest BCUT2D eigenvalue weighted by atomic mass is 10.3. The van der Waals surface area contributed by atoms with Gasteiger partial charge in [-0.3, -0.25) is 4.79 Å². The molecule has 26 heavy (non-hydrogen) atoms. The Kier molecular flexibility index (Phi) is 5.99. The molecule has 0 radical (unpaired) electrons. The average Bonchev–Trinajstić information content (AvgIpc) is 3.29. The smallest absolute Gasteiger partial charge is 0.234 e. The van der Waals surface area contributed by atoms with E-state index in [0.29, 0.717) is 28.2 Å². The van der Waals surface area contributed by atoms with Crippen LogP contribution in [-0.2, 0) is 11.8 Å². The van der Waals surface area contributed by atoms with Crippen molar-refractivity contribution < 1.29 is 9.21 Å². The van der Waals surface area contributed by atoms with Crippen LogP contribution in [-0.4, -0.2) is 32.2 Å². The van der Waals surface area contributed by atoms with Gasteiger partial charge in [0, 0.05) is 11.9 Å². The number of amides is 1. The van der Waals surface area contributed by atoms with Crippen LogP contribution >= 0.6 is 23.5 Å². The lowest BCUT2D eigenvalue weighted by Gasteiger charge is -2.09. The summed E-state index contributed by atoms with van der Waals surface area (Å²) in [5.74, 6) is 1.61. The maximum Gasteiger partial charge on any atom is 0.234 e. The van der Waals surface area contributed by atoms with Gasteiger partial charge in [0.2, 0.25) is 5.91 Å². The predicted molar refractivity (Wildman–Crippen MR) is 101 cm³/mol. The van der Waals surface area contributed by atoms with E-state index >= 15 is 0 Å². The van der Waals surface area contributed by atoms with Crippen molar-refractivity contribution in [3.8, 4) is 17.7 Å². The topological polar surface area (TPSA) is 96.7 Å². The van der Waals surface area contributed by atoms with Gasteiger partial charge in [0.15, 0.2) is 16.7 Å². The molecular weight excluding hydrogens is 370 g/mol. The van der Waals surface area contributed by atoms with E-state index in [2.05, 4.69) is 21.6 Å². The number of para-hydroxylation sites is 1. The highest BCUT2D eigenvalue weighted by molar-refractivity contribution is 8.00. The summed E-state index contributed by atoms with van der Waals surface area (Å²) < 4.78 is 7.11. The third-order valence-corrected chi connectivity index (χ3v) is 5.32. The van der Waals surface area contributed by atoms with Gasteiger partial charge in [-0.2, -0.15) is 5.26 Å². The van der Waals surface area contributed by atoms with Gasteiger partial charge in [-0.05, 0) is 24.3 Å². The molecular formula is C17H15N5O2S2. The van der Waals surface area contributed by atoms with E-state index < -0.39 is 0 Å². The lowest BCUT2D eigenvalue weighted by molar-refractivity contribution is -0.113. The standard InChI is InChI=1S/C17H15N5O2S2/c1-22-16(13-6-4-9-24-13)20-21-17(22)26-11-15(23)19-12-5-2-3-7-14(12)25-10-8-18/h2-7,9H,10-11H2,1H3,(H,19,23). The number of benzene rings is 1. The molecule has 1 N–H and O–H groups in total. The number of rotatable bonds is 7. The zero-order chi connectivity index (χ0) is 18.4. The number of furan rings is 1. The molecule has 0 aliphatic rings. The molecule has 0 atom stereocenters. The number of thioether (sulfide) groups is 2. The number of aromatic nitrogens is 3. The monoisotopic (exact) mass is 385 g/mol. The fourth-order valence-electron chi connectivity index (χ4n) is 2.18. The minimum Gasteiger partial charge on any atom is -0.461 e. The second-order valence-corrected chi connectivity index (χ2v) is 7.08. The molecule has 0 fully saturated rings. The number of nitrogens with one attached hydrogen (secondary N) is 1. The second kappa shape index (κ2) is 8.60. The van der Waals surface area contributed by atoms with Crippen molar-refractivity contribution in [1.82, 2.24) is 14.8 Å². The Hall–Kier alpha value is -2.70. The van der Waals surface area contributed by atoms with E-state index in [4.69, 9.17) is 9.68 Å². The highest BCUT2D eigenvalue weighted by Gasteiger charge is 2.15. The van der Waals surface area contributed by atoms with Crippen LogP contribution in [0.1, 0.15) is 0 Å². The van der Waals surface area contributed by atoms with E-state index in [1.165, 1.54) is 23.5 Å². The summed E-state index contributed by atoms with van der Waals surface area (Å²) in [6.45, 7) is 0. The highest BCUT2D eigenvalue weighted by atomic mass is 32.2. The zero-order valence-corrected chi connectivity index (χ0v) is 15.5. The quantitative estimate of drug-likeness (QED) is 0.622. The van der Waals surface area contributed by atoms with Crippen molar-refractivity contribution in [2.75, 3.05) is 16.8 Å². The first-order chi connectivity index (χ1) is 12.7. The molecule has 0 spiro atoms. The first-order valence-electron chi connectivity index (χ1n) is 7.63. The van der Waals surface area contributed by atoms with Crippen LogP contribution in [0, 0.1) is 11.3 Å². The minimum atomic E-state index is -0.150. The van der Waals surface area contributed by atoms with Crippen LogP contribution in [0.4, 0.5) is 5.69 Å². The van der Waals surface area contributed by atoms with Crippen LogP contribution in [0.3, 0.4) is 0 Å². The largest absolute Gasteiger partial charge is 0.461 e. The van der Waals surface area contributed by atoms with Crippen molar-refractivity contribution in [2.24, 2.45) is 7.05 Å². The van der Waals surface area contributed by atoms with Crippen LogP contribution in [0.15, 0.2) is 57.1 Å². The van der Waals surface area contributed by atoms with Crippen LogP contribution in [0.2, 0.25) is 0 Å². The van der Waals surface area contributed by atoms with Gasteiger partial charge in [0.25, 0.3) is 0 Å². The molecule has 0 unspecified atom stereocenters. The number of hydrogen-bond acceptors (Lipinski definition) is 7. The molecule has 2 aromatic heterocycles. The molecule has 0 bridgehead atoms. The molecule has 3 rings (SSSR count). The molecule has 0 aliphatic heterocycles. The molecule has 9 heteroatoms. The van der Waals surface area contributed by atoms with E-state index in [1.807, 2.05) is 31.3 Å². The Morgan fingerprint density at radius 2 is 2.12 bits per heavy atom. The third kappa shape index (κ3) is 4.28. The summed E-state index contributed by atoms with van der Waals surface area (Å²) in [6, 6.07) is 13.1. The number of carbonyl (C=O) groups is 1. The number of nitriles is 1. The molecule has 132 valence electrons. The summed E-state index contributed by atoms with van der Waals surface area (Å²) in [7, 11) is 1.83. The first kappa shape index (κ1) is 18.1. The molecule has 2 heterocycles. The fourth-order valence-corrected chi connectivity index (χ4v) is 3.56. The maximum atomic E-state index is 12.3. The summed E-state index contributed by atoms with van der Waals surface area (Å²) in [4.78, 5) is 13.1. The molecule has 7 nitrogen and oxygen atoms in total. The lowest BCUT2D eigenvalue weighted by Crippen LogP contribution is -2.15. The van der Waals surface area contributed by atoms with Gasteiger partial charge in [-0.1, -0.05) is 23.9 Å². The van der Waals surface area contributed by atoms with Crippen LogP contribution < -0.4 is 5.32 Å². The SMILES string of the molecule is Cn1c(SCC(=O)Nc2ccccc2SCC#N)nnc1-c1ccco1. The average molecular weight is 385 g/mol. The maximum absolute atomic E-state index is 12.3. The first-order valence-corrected chi connectivity index (χ1v) is 9.61. The van der Waals surface area contributed by atoms with Crippen LogP contribution in [0.5, 0.6) is 0 Å². The van der Waals surface area contributed by atoms with Crippen molar-refractivity contribution in [3.05, 3.63) is 42.7 Å². The molecule has 0 saturated carbocycles. The van der Waals surface area contributed by atoms with E-state index in [1.54, 1.807) is 23.0 Å². The summed E-state index contributed by atoms with van der Waals surface area (Å²) in [6.07, 6.45) is 1.58. The van der Waals surface area contributed by atoms with Gasteiger partial charge in [-0.15, -0.1) is 22.0 Å². The third-order valence-electron chi connectivity index (χ3n) is 3.36. The normalized spacial score (nSPS) is 10.5. The van der Waals surface area contributed by atoms with Crippen molar-refractivity contribution in [3.63, 3.8) is 0 Å². The van der Waals surface area contributed by atoms with Gasteiger partial charge < -0.3 is 14.3 Å². The summed E-state index contributed by atoms with van der Waals surface area (Å²) >= 11 is 2.68. The van der Waals surface area contributed by atoms with E-state index in [-0.39, 0.29) is 11.7 Å². The van der Waals surface area contributed by atoms with Gasteiger partial charge in [-0.25, -0.2) is 0 Å². The number of nitrogens with zero attached hydrogens (tertiary/aromatic N) is 4. The molecule has 0 saturated heterocycles. The van der Waals surface area contributed by atoms with Crippen molar-refractivity contribution in [2.45, 2.75) is 10.1 Å². The Bertz CT molecular complexity index is 931. The number of carbonyl (C=O) groups excluding carboxylic acids is 1. The molecule has 1 amide bonds. The Labute approximate surface area is 158 Å². The Morgan fingerprint density at radius 1 is 1.27 bits per heavy atom. The molecule has 0 aliphatic carbocycles. The predicted octanol–water partition coefficient (Wildman–Crippen LogP) is 3.42. The van der Waals surface area contributed by atoms with E-state index in [0.717, 1.165) is 4.90 Å². The minimum absolute atomic E-state index is 0.150. The Morgan fingerprint density at radius 3 is 2.88 bits per heavy atom. The van der Waals surface area contributed by atoms with Crippen LogP contribution in [0.25, 0.3) is 11.6 Å². The Balaban J connectivity index is 1.61. The van der Waals surface area contributed by atoms with Crippen molar-refractivity contribution >= 4 is 35.1 Å². The highest BCUT2D eigenvalue weighted by Crippen LogP contribution is 2.27. The van der Waals surface area contributed by atoms with Gasteiger partial charge in [0.05, 0.1) is 29.5 Å². The van der Waals surface area contributed by atoms with Gasteiger partial charge >= 0.3 is 0 Å². The van der Waals surface area contributed by atoms with Crippen molar-refractivity contribution in [1.29, 1.82) is 5.26 Å².